The van der Waals surface area contributed by atoms with Crippen molar-refractivity contribution in [3.63, 3.8) is 0 Å². The van der Waals surface area contributed by atoms with Crippen LogP contribution in [-0.2, 0) is 6.54 Å². The van der Waals surface area contributed by atoms with Crippen LogP contribution in [-0.4, -0.2) is 28.5 Å². The van der Waals surface area contributed by atoms with Crippen LogP contribution in [0.3, 0.4) is 0 Å². The number of rotatable bonds is 4. The van der Waals surface area contributed by atoms with E-state index in [1.807, 2.05) is 0 Å². The standard InChI is InChI=1S/C14H25N3S/c1-10(2)14-16-12(9-18-14)8-17-11(3)5-4-6-13(17)7-15/h9-11,13H,4-8,15H2,1-3H3. The van der Waals surface area contributed by atoms with E-state index < -0.39 is 0 Å². The molecule has 0 aliphatic carbocycles. The second kappa shape index (κ2) is 6.13. The summed E-state index contributed by atoms with van der Waals surface area (Å²) in [5, 5.41) is 3.46. The maximum absolute atomic E-state index is 5.90. The molecule has 3 nitrogen and oxygen atoms in total. The summed E-state index contributed by atoms with van der Waals surface area (Å²) in [6, 6.07) is 1.18. The van der Waals surface area contributed by atoms with Crippen LogP contribution in [0.5, 0.6) is 0 Å². The summed E-state index contributed by atoms with van der Waals surface area (Å²) < 4.78 is 0. The lowest BCUT2D eigenvalue weighted by atomic mass is 9.96. The molecule has 0 aromatic carbocycles. The average molecular weight is 267 g/mol. The van der Waals surface area contributed by atoms with E-state index in [2.05, 4.69) is 31.1 Å². The van der Waals surface area contributed by atoms with E-state index in [-0.39, 0.29) is 0 Å². The fourth-order valence-corrected chi connectivity index (χ4v) is 3.55. The first-order chi connectivity index (χ1) is 8.61. The van der Waals surface area contributed by atoms with Gasteiger partial charge in [0.15, 0.2) is 0 Å². The van der Waals surface area contributed by atoms with Gasteiger partial charge in [0.05, 0.1) is 10.7 Å². The Labute approximate surface area is 114 Å². The molecule has 1 saturated heterocycles. The van der Waals surface area contributed by atoms with Crippen molar-refractivity contribution in [3.8, 4) is 0 Å². The van der Waals surface area contributed by atoms with Gasteiger partial charge in [-0.05, 0) is 19.8 Å². The van der Waals surface area contributed by atoms with Crippen molar-refractivity contribution in [1.82, 2.24) is 9.88 Å². The monoisotopic (exact) mass is 267 g/mol. The first-order valence-corrected chi connectivity index (χ1v) is 7.90. The number of piperidine rings is 1. The number of likely N-dealkylation sites (tertiary alicyclic amines) is 1. The molecule has 1 aliphatic rings. The Morgan fingerprint density at radius 2 is 2.28 bits per heavy atom. The van der Waals surface area contributed by atoms with Gasteiger partial charge in [0, 0.05) is 36.5 Å². The molecular formula is C14H25N3S. The van der Waals surface area contributed by atoms with Gasteiger partial charge in [-0.15, -0.1) is 11.3 Å². The van der Waals surface area contributed by atoms with Crippen molar-refractivity contribution in [1.29, 1.82) is 0 Å². The molecule has 1 aliphatic heterocycles. The van der Waals surface area contributed by atoms with E-state index >= 15 is 0 Å². The molecule has 1 aromatic rings. The Morgan fingerprint density at radius 3 is 2.89 bits per heavy atom. The van der Waals surface area contributed by atoms with Crippen LogP contribution in [0, 0.1) is 0 Å². The van der Waals surface area contributed by atoms with Gasteiger partial charge in [0.25, 0.3) is 0 Å². The minimum atomic E-state index is 0.535. The van der Waals surface area contributed by atoms with E-state index in [0.29, 0.717) is 18.0 Å². The van der Waals surface area contributed by atoms with Gasteiger partial charge in [-0.1, -0.05) is 20.3 Å². The number of hydrogen-bond donors (Lipinski definition) is 1. The van der Waals surface area contributed by atoms with Crippen LogP contribution in [0.25, 0.3) is 0 Å². The molecule has 0 saturated carbocycles. The molecule has 18 heavy (non-hydrogen) atoms. The molecule has 2 heterocycles. The molecule has 2 N–H and O–H groups in total. The fraction of sp³-hybridized carbons (Fsp3) is 0.786. The fourth-order valence-electron chi connectivity index (χ4n) is 2.73. The van der Waals surface area contributed by atoms with Crippen molar-refractivity contribution in [2.45, 2.75) is 64.6 Å². The quantitative estimate of drug-likeness (QED) is 0.912. The zero-order valence-corrected chi connectivity index (χ0v) is 12.5. The predicted octanol–water partition coefficient (Wildman–Crippen LogP) is 2.97. The summed E-state index contributed by atoms with van der Waals surface area (Å²) in [7, 11) is 0. The molecule has 0 amide bonds. The summed E-state index contributed by atoms with van der Waals surface area (Å²) in [6.45, 7) is 8.46. The average Bonchev–Trinajstić information content (AvgIpc) is 2.80. The highest BCUT2D eigenvalue weighted by molar-refractivity contribution is 7.09. The van der Waals surface area contributed by atoms with Crippen LogP contribution in [0.1, 0.15) is 56.7 Å². The van der Waals surface area contributed by atoms with E-state index in [1.165, 1.54) is 30.0 Å². The minimum Gasteiger partial charge on any atom is -0.329 e. The summed E-state index contributed by atoms with van der Waals surface area (Å²) >= 11 is 1.79. The maximum Gasteiger partial charge on any atom is 0.0954 e. The molecule has 0 spiro atoms. The van der Waals surface area contributed by atoms with E-state index in [0.717, 1.165) is 13.1 Å². The van der Waals surface area contributed by atoms with E-state index in [4.69, 9.17) is 10.7 Å². The highest BCUT2D eigenvalue weighted by Crippen LogP contribution is 2.26. The van der Waals surface area contributed by atoms with Gasteiger partial charge in [-0.3, -0.25) is 4.90 Å². The lowest BCUT2D eigenvalue weighted by Crippen LogP contribution is -2.48. The highest BCUT2D eigenvalue weighted by Gasteiger charge is 2.27. The Balaban J connectivity index is 2.05. The van der Waals surface area contributed by atoms with Gasteiger partial charge >= 0.3 is 0 Å². The van der Waals surface area contributed by atoms with Crippen molar-refractivity contribution < 1.29 is 0 Å². The summed E-state index contributed by atoms with van der Waals surface area (Å²) in [4.78, 5) is 7.29. The zero-order valence-electron chi connectivity index (χ0n) is 11.7. The van der Waals surface area contributed by atoms with Gasteiger partial charge in [-0.2, -0.15) is 0 Å². The molecule has 0 radical (unpaired) electrons. The van der Waals surface area contributed by atoms with Crippen LogP contribution in [0.4, 0.5) is 0 Å². The number of aromatic nitrogens is 1. The SMILES string of the molecule is CC(C)c1nc(CN2C(C)CCCC2CN)cs1. The maximum atomic E-state index is 5.90. The number of thiazole rings is 1. The minimum absolute atomic E-state index is 0.535. The van der Waals surface area contributed by atoms with Crippen molar-refractivity contribution in [3.05, 3.63) is 16.1 Å². The Kier molecular flexibility index (Phi) is 4.76. The molecular weight excluding hydrogens is 242 g/mol. The smallest absolute Gasteiger partial charge is 0.0954 e. The van der Waals surface area contributed by atoms with Crippen molar-refractivity contribution in [2.75, 3.05) is 6.54 Å². The third kappa shape index (κ3) is 3.11. The van der Waals surface area contributed by atoms with Gasteiger partial charge in [-0.25, -0.2) is 4.98 Å². The molecule has 2 atom stereocenters. The molecule has 2 rings (SSSR count). The van der Waals surface area contributed by atoms with Gasteiger partial charge in [0.2, 0.25) is 0 Å². The van der Waals surface area contributed by atoms with E-state index in [9.17, 15) is 0 Å². The second-order valence-corrected chi connectivity index (χ2v) is 6.56. The molecule has 2 unspecified atom stereocenters. The highest BCUT2D eigenvalue weighted by atomic mass is 32.1. The first kappa shape index (κ1) is 14.0. The van der Waals surface area contributed by atoms with Crippen LogP contribution in [0.2, 0.25) is 0 Å². The molecule has 1 fully saturated rings. The largest absolute Gasteiger partial charge is 0.329 e. The number of nitrogens with two attached hydrogens (primary N) is 1. The lowest BCUT2D eigenvalue weighted by molar-refractivity contribution is 0.0880. The molecule has 1 aromatic heterocycles. The summed E-state index contributed by atoms with van der Waals surface area (Å²) in [6.07, 6.45) is 3.84. The lowest BCUT2D eigenvalue weighted by Gasteiger charge is -2.39. The van der Waals surface area contributed by atoms with Crippen LogP contribution < -0.4 is 5.73 Å². The van der Waals surface area contributed by atoms with Gasteiger partial charge in [0.1, 0.15) is 0 Å². The number of nitrogens with zero attached hydrogens (tertiary/aromatic N) is 2. The second-order valence-electron chi connectivity index (χ2n) is 5.67. The van der Waals surface area contributed by atoms with Crippen LogP contribution >= 0.6 is 11.3 Å². The van der Waals surface area contributed by atoms with E-state index in [1.54, 1.807) is 11.3 Å². The third-order valence-electron chi connectivity index (χ3n) is 3.87. The topological polar surface area (TPSA) is 42.2 Å². The Morgan fingerprint density at radius 1 is 1.50 bits per heavy atom. The van der Waals surface area contributed by atoms with Crippen LogP contribution in [0.15, 0.2) is 5.38 Å². The Hall–Kier alpha value is -0.450. The predicted molar refractivity (Wildman–Crippen MR) is 77.9 cm³/mol. The molecule has 4 heteroatoms. The van der Waals surface area contributed by atoms with Crippen molar-refractivity contribution in [2.24, 2.45) is 5.73 Å². The first-order valence-electron chi connectivity index (χ1n) is 7.02. The summed E-state index contributed by atoms with van der Waals surface area (Å²) in [5.74, 6) is 0.535. The molecule has 102 valence electrons. The summed E-state index contributed by atoms with van der Waals surface area (Å²) in [5.41, 5.74) is 7.12. The third-order valence-corrected chi connectivity index (χ3v) is 5.07. The molecule has 0 bridgehead atoms. The van der Waals surface area contributed by atoms with Crippen molar-refractivity contribution >= 4 is 11.3 Å². The zero-order chi connectivity index (χ0) is 13.1. The number of hydrogen-bond acceptors (Lipinski definition) is 4. The Bertz CT molecular complexity index is 375. The van der Waals surface area contributed by atoms with Gasteiger partial charge < -0.3 is 5.73 Å². The normalized spacial score (nSPS) is 25.8.